The van der Waals surface area contributed by atoms with Crippen LogP contribution in [0, 0.1) is 12.8 Å². The number of aromatic nitrogens is 2. The Hall–Kier alpha value is -2.32. The molecule has 0 spiro atoms. The van der Waals surface area contributed by atoms with E-state index in [2.05, 4.69) is 15.3 Å². The first-order valence-corrected chi connectivity index (χ1v) is 12.0. The molecule has 1 aromatic heterocycles. The van der Waals surface area contributed by atoms with Gasteiger partial charge in [-0.25, -0.2) is 13.4 Å². The molecule has 1 amide bonds. The van der Waals surface area contributed by atoms with E-state index in [0.717, 1.165) is 36.9 Å². The molecule has 2 fully saturated rings. The summed E-state index contributed by atoms with van der Waals surface area (Å²) in [6, 6.07) is 6.83. The molecule has 1 aromatic carbocycles. The van der Waals surface area contributed by atoms with Crippen molar-refractivity contribution in [1.82, 2.24) is 9.97 Å². The minimum absolute atomic E-state index is 0.155. The maximum atomic E-state index is 13.1. The largest absolute Gasteiger partial charge is 0.381 e. The van der Waals surface area contributed by atoms with Crippen LogP contribution in [-0.2, 0) is 19.4 Å². The zero-order chi connectivity index (χ0) is 21.1. The van der Waals surface area contributed by atoms with Crippen LogP contribution in [0.15, 0.2) is 41.6 Å². The van der Waals surface area contributed by atoms with Crippen LogP contribution in [0.25, 0.3) is 0 Å². The number of ether oxygens (including phenoxy) is 1. The first kappa shape index (κ1) is 20.9. The van der Waals surface area contributed by atoms with Gasteiger partial charge in [-0.1, -0.05) is 12.1 Å². The Morgan fingerprint density at radius 2 is 1.80 bits per heavy atom. The van der Waals surface area contributed by atoms with Crippen molar-refractivity contribution >= 4 is 21.6 Å². The van der Waals surface area contributed by atoms with Crippen molar-refractivity contribution in [3.8, 4) is 0 Å². The van der Waals surface area contributed by atoms with Crippen LogP contribution >= 0.6 is 0 Å². The molecule has 2 aliphatic rings. The van der Waals surface area contributed by atoms with Gasteiger partial charge in [-0.3, -0.25) is 9.78 Å². The first-order chi connectivity index (χ1) is 14.4. The van der Waals surface area contributed by atoms with Gasteiger partial charge >= 0.3 is 0 Å². The van der Waals surface area contributed by atoms with Gasteiger partial charge in [0, 0.05) is 13.2 Å². The second kappa shape index (κ2) is 8.81. The number of nitrogens with zero attached hydrogens (tertiary/aromatic N) is 2. The fraction of sp³-hybridized carbons (Fsp3) is 0.500. The molecule has 1 aliphatic heterocycles. The lowest BCUT2D eigenvalue weighted by molar-refractivity contribution is -0.118. The molecule has 2 aromatic rings. The van der Waals surface area contributed by atoms with Gasteiger partial charge < -0.3 is 10.1 Å². The molecule has 1 saturated carbocycles. The lowest BCUT2D eigenvalue weighted by atomic mass is 9.84. The molecule has 1 atom stereocenters. The van der Waals surface area contributed by atoms with E-state index in [1.807, 2.05) is 6.92 Å². The Morgan fingerprint density at radius 1 is 1.10 bits per heavy atom. The highest BCUT2D eigenvalue weighted by Gasteiger charge is 2.37. The summed E-state index contributed by atoms with van der Waals surface area (Å²) in [7, 11) is -3.24. The molecule has 1 unspecified atom stereocenters. The summed E-state index contributed by atoms with van der Waals surface area (Å²) in [4.78, 5) is 21.9. The van der Waals surface area contributed by atoms with Crippen LogP contribution in [0.1, 0.15) is 49.3 Å². The number of sulfone groups is 1. The first-order valence-electron chi connectivity index (χ1n) is 10.4. The number of nitrogens with one attached hydrogen (secondary N) is 1. The minimum Gasteiger partial charge on any atom is -0.381 e. The predicted octanol–water partition coefficient (Wildman–Crippen LogP) is 3.26. The Kier molecular flexibility index (Phi) is 6.15. The third-order valence-electron chi connectivity index (χ3n) is 5.83. The van der Waals surface area contributed by atoms with Gasteiger partial charge in [0.1, 0.15) is 0 Å². The van der Waals surface area contributed by atoms with Crippen molar-refractivity contribution in [2.45, 2.75) is 55.1 Å². The van der Waals surface area contributed by atoms with E-state index < -0.39 is 15.8 Å². The molecule has 0 radical (unpaired) electrons. The van der Waals surface area contributed by atoms with Crippen LogP contribution in [0.3, 0.4) is 0 Å². The van der Waals surface area contributed by atoms with E-state index in [1.165, 1.54) is 0 Å². The minimum atomic E-state index is -3.24. The maximum absolute atomic E-state index is 13.1. The summed E-state index contributed by atoms with van der Waals surface area (Å²) >= 11 is 0. The molecule has 1 aliphatic carbocycles. The van der Waals surface area contributed by atoms with Gasteiger partial charge in [-0.15, -0.1) is 0 Å². The number of benzene rings is 1. The standard InChI is InChI=1S/C22H27N3O4S/c1-15-13-24-21(14-23-15)25-22(26)20(12-16-8-10-29-11-9-16)17-2-4-18(5-3-17)30(27,28)19-6-7-19/h2-5,13-14,16,19-20H,6-12H2,1H3,(H,24,25,26). The van der Waals surface area contributed by atoms with Crippen LogP contribution in [0.2, 0.25) is 0 Å². The second-order valence-corrected chi connectivity index (χ2v) is 10.4. The van der Waals surface area contributed by atoms with Crippen molar-refractivity contribution in [2.75, 3.05) is 18.5 Å². The van der Waals surface area contributed by atoms with E-state index in [9.17, 15) is 13.2 Å². The zero-order valence-electron chi connectivity index (χ0n) is 17.1. The number of carbonyl (C=O) groups excluding carboxylic acids is 1. The molecule has 30 heavy (non-hydrogen) atoms. The Bertz CT molecular complexity index is 980. The van der Waals surface area contributed by atoms with Crippen molar-refractivity contribution in [3.63, 3.8) is 0 Å². The van der Waals surface area contributed by atoms with Crippen LogP contribution in [0.4, 0.5) is 5.82 Å². The van der Waals surface area contributed by atoms with Gasteiger partial charge in [0.15, 0.2) is 15.7 Å². The van der Waals surface area contributed by atoms with Gasteiger partial charge in [-0.05, 0) is 62.6 Å². The average molecular weight is 430 g/mol. The predicted molar refractivity (Wildman–Crippen MR) is 113 cm³/mol. The number of anilines is 1. The van der Waals surface area contributed by atoms with Crippen molar-refractivity contribution in [3.05, 3.63) is 47.9 Å². The molecule has 1 saturated heterocycles. The number of amides is 1. The van der Waals surface area contributed by atoms with Gasteiger partial charge in [-0.2, -0.15) is 0 Å². The lowest BCUT2D eigenvalue weighted by Crippen LogP contribution is -2.26. The van der Waals surface area contributed by atoms with Gasteiger partial charge in [0.05, 0.1) is 34.2 Å². The summed E-state index contributed by atoms with van der Waals surface area (Å²) in [5, 5.41) is 2.62. The normalized spacial score (nSPS) is 18.7. The fourth-order valence-corrected chi connectivity index (χ4v) is 5.50. The molecular weight excluding hydrogens is 402 g/mol. The average Bonchev–Trinajstić information content (AvgIpc) is 3.61. The molecule has 8 heteroatoms. The van der Waals surface area contributed by atoms with Crippen LogP contribution in [-0.4, -0.2) is 42.8 Å². The molecule has 2 heterocycles. The highest BCUT2D eigenvalue weighted by atomic mass is 32.2. The SMILES string of the molecule is Cc1cnc(NC(=O)C(CC2CCOCC2)c2ccc(S(=O)(=O)C3CC3)cc2)cn1. The summed E-state index contributed by atoms with van der Waals surface area (Å²) in [5.41, 5.74) is 1.59. The zero-order valence-corrected chi connectivity index (χ0v) is 17.9. The molecule has 160 valence electrons. The van der Waals surface area contributed by atoms with Crippen LogP contribution in [0.5, 0.6) is 0 Å². The third kappa shape index (κ3) is 4.87. The van der Waals surface area contributed by atoms with Gasteiger partial charge in [0.25, 0.3) is 0 Å². The van der Waals surface area contributed by atoms with Crippen LogP contribution < -0.4 is 5.32 Å². The van der Waals surface area contributed by atoms with Crippen molar-refractivity contribution in [1.29, 1.82) is 0 Å². The number of carbonyl (C=O) groups is 1. The summed E-state index contributed by atoms with van der Waals surface area (Å²) in [5.74, 6) is 0.246. The molecular formula is C22H27N3O4S. The topological polar surface area (TPSA) is 98.2 Å². The number of hydrogen-bond acceptors (Lipinski definition) is 6. The van der Waals surface area contributed by atoms with E-state index in [-0.39, 0.29) is 11.2 Å². The lowest BCUT2D eigenvalue weighted by Gasteiger charge is -2.26. The van der Waals surface area contributed by atoms with E-state index in [0.29, 0.717) is 36.3 Å². The van der Waals surface area contributed by atoms with Crippen molar-refractivity contribution < 1.29 is 17.9 Å². The molecule has 4 rings (SSSR count). The van der Waals surface area contributed by atoms with E-state index in [1.54, 1.807) is 36.7 Å². The smallest absolute Gasteiger partial charge is 0.233 e. The van der Waals surface area contributed by atoms with E-state index >= 15 is 0 Å². The van der Waals surface area contributed by atoms with Gasteiger partial charge in [0.2, 0.25) is 5.91 Å². The molecule has 1 N–H and O–H groups in total. The summed E-state index contributed by atoms with van der Waals surface area (Å²) < 4.78 is 30.4. The monoisotopic (exact) mass is 429 g/mol. The van der Waals surface area contributed by atoms with E-state index in [4.69, 9.17) is 4.74 Å². The summed E-state index contributed by atoms with van der Waals surface area (Å²) in [6.07, 6.45) is 7.14. The third-order valence-corrected chi connectivity index (χ3v) is 8.11. The number of aryl methyl sites for hydroxylation is 1. The number of rotatable bonds is 7. The Balaban J connectivity index is 1.55. The maximum Gasteiger partial charge on any atom is 0.233 e. The molecule has 0 bridgehead atoms. The summed E-state index contributed by atoms with van der Waals surface area (Å²) in [6.45, 7) is 3.26. The Labute approximate surface area is 177 Å². The Morgan fingerprint density at radius 3 is 2.40 bits per heavy atom. The second-order valence-electron chi connectivity index (χ2n) is 8.19. The highest BCUT2D eigenvalue weighted by Crippen LogP contribution is 2.35. The highest BCUT2D eigenvalue weighted by molar-refractivity contribution is 7.92. The fourth-order valence-electron chi connectivity index (χ4n) is 3.84. The van der Waals surface area contributed by atoms with Crippen molar-refractivity contribution in [2.24, 2.45) is 5.92 Å². The molecule has 7 nitrogen and oxygen atoms in total. The quantitative estimate of drug-likeness (QED) is 0.725. The number of hydrogen-bond donors (Lipinski definition) is 1.